The average molecular weight is 586 g/mol. The first-order valence-corrected chi connectivity index (χ1v) is 14.3. The molecule has 1 saturated heterocycles. The highest BCUT2D eigenvalue weighted by atomic mass is 19.4. The number of carbonyl (C=O) groups is 1. The number of rotatable bonds is 13. The van der Waals surface area contributed by atoms with Crippen molar-refractivity contribution in [2.24, 2.45) is 0 Å². The van der Waals surface area contributed by atoms with Gasteiger partial charge in [0.15, 0.2) is 0 Å². The number of hydroxylamine groups is 2. The Balaban J connectivity index is 1.65. The number of nitrogens with one attached hydrogen (secondary N) is 1. The number of alkyl halides is 3. The molecule has 3 aromatic rings. The van der Waals surface area contributed by atoms with E-state index in [9.17, 15) is 18.0 Å². The molecule has 0 saturated carbocycles. The Hall–Kier alpha value is -3.60. The fourth-order valence-electron chi connectivity index (χ4n) is 5.04. The summed E-state index contributed by atoms with van der Waals surface area (Å²) in [4.78, 5) is 19.1. The summed E-state index contributed by atoms with van der Waals surface area (Å²) in [6.45, 7) is 7.07. The molecule has 0 aliphatic carbocycles. The van der Waals surface area contributed by atoms with Crippen LogP contribution in [0.4, 0.5) is 18.9 Å². The second-order valence-corrected chi connectivity index (χ2v) is 10.0. The van der Waals surface area contributed by atoms with Crippen LogP contribution in [-0.4, -0.2) is 62.6 Å². The van der Waals surface area contributed by atoms with Crippen molar-refractivity contribution in [2.75, 3.05) is 44.3 Å². The summed E-state index contributed by atoms with van der Waals surface area (Å²) in [7, 11) is 0. The van der Waals surface area contributed by atoms with Gasteiger partial charge >= 0.3 is 12.1 Å². The zero-order valence-corrected chi connectivity index (χ0v) is 24.0. The highest BCUT2D eigenvalue weighted by Gasteiger charge is 2.42. The van der Waals surface area contributed by atoms with E-state index >= 15 is 0 Å². The van der Waals surface area contributed by atoms with Crippen LogP contribution in [0, 0.1) is 0 Å². The molecule has 4 rings (SSSR count). The number of benzene rings is 3. The third kappa shape index (κ3) is 8.47. The Labute approximate surface area is 245 Å². The van der Waals surface area contributed by atoms with Crippen LogP contribution >= 0.6 is 0 Å². The molecule has 0 bridgehead atoms. The molecule has 1 atom stereocenters. The van der Waals surface area contributed by atoms with Gasteiger partial charge in [-0.2, -0.15) is 13.2 Å². The summed E-state index contributed by atoms with van der Waals surface area (Å²) in [5, 5.41) is 4.46. The second kappa shape index (κ2) is 15.0. The van der Waals surface area contributed by atoms with E-state index in [2.05, 4.69) is 17.1 Å². The third-order valence-corrected chi connectivity index (χ3v) is 7.10. The van der Waals surface area contributed by atoms with E-state index in [1.54, 1.807) is 0 Å². The first-order valence-electron chi connectivity index (χ1n) is 14.3. The number of para-hydroxylation sites is 1. The molecule has 0 spiro atoms. The maximum absolute atomic E-state index is 13.3. The molecule has 1 aliphatic heterocycles. The fraction of sp³-hybridized carbons (Fsp3) is 0.406. The van der Waals surface area contributed by atoms with Gasteiger partial charge in [-0.3, -0.25) is 0 Å². The third-order valence-electron chi connectivity index (χ3n) is 7.10. The molecule has 1 heterocycles. The van der Waals surface area contributed by atoms with Gasteiger partial charge in [-0.15, -0.1) is 5.06 Å². The van der Waals surface area contributed by atoms with Crippen molar-refractivity contribution in [2.45, 2.75) is 45.6 Å². The molecule has 0 aromatic heterocycles. The fourth-order valence-corrected chi connectivity index (χ4v) is 5.04. The van der Waals surface area contributed by atoms with Crippen molar-refractivity contribution in [1.82, 2.24) is 10.4 Å². The topological polar surface area (TPSA) is 63.3 Å². The van der Waals surface area contributed by atoms with Crippen LogP contribution in [-0.2, 0) is 27.5 Å². The van der Waals surface area contributed by atoms with Crippen LogP contribution in [0.1, 0.15) is 31.4 Å². The lowest BCUT2D eigenvalue weighted by molar-refractivity contribution is -0.242. The van der Waals surface area contributed by atoms with E-state index in [0.29, 0.717) is 12.4 Å². The first kappa shape index (κ1) is 31.3. The number of piperazine rings is 1. The summed E-state index contributed by atoms with van der Waals surface area (Å²) in [6.07, 6.45) is -4.24. The van der Waals surface area contributed by atoms with Crippen LogP contribution in [0.2, 0.25) is 0 Å². The van der Waals surface area contributed by atoms with Gasteiger partial charge in [0.25, 0.3) is 0 Å². The SMILES string of the molecule is CCOc1ccccc1-c1ccc(N2CCNC[C@H]2CC)c(CN(CCOCc2ccccc2)OC(=O)C(F)(F)F)c1. The zero-order chi connectivity index (χ0) is 30.0. The lowest BCUT2D eigenvalue weighted by atomic mass is 9.98. The quantitative estimate of drug-likeness (QED) is 0.196. The molecule has 0 amide bonds. The molecule has 42 heavy (non-hydrogen) atoms. The molecule has 226 valence electrons. The lowest BCUT2D eigenvalue weighted by Crippen LogP contribution is -2.51. The van der Waals surface area contributed by atoms with Gasteiger partial charge in [0.05, 0.1) is 32.9 Å². The van der Waals surface area contributed by atoms with Crippen molar-refractivity contribution < 1.29 is 32.3 Å². The van der Waals surface area contributed by atoms with Crippen molar-refractivity contribution >= 4 is 11.7 Å². The molecular formula is C32H38F3N3O4. The number of hydrogen-bond donors (Lipinski definition) is 1. The van der Waals surface area contributed by atoms with E-state index in [1.165, 1.54) is 0 Å². The smallest absolute Gasteiger partial charge is 0.492 e. The predicted octanol–water partition coefficient (Wildman–Crippen LogP) is 5.98. The van der Waals surface area contributed by atoms with Gasteiger partial charge < -0.3 is 24.5 Å². The van der Waals surface area contributed by atoms with Crippen molar-refractivity contribution in [3.63, 3.8) is 0 Å². The number of carbonyl (C=O) groups excluding carboxylic acids is 1. The number of anilines is 1. The minimum atomic E-state index is -5.13. The molecule has 7 nitrogen and oxygen atoms in total. The maximum atomic E-state index is 13.3. The van der Waals surface area contributed by atoms with Gasteiger partial charge in [-0.05, 0) is 48.2 Å². The van der Waals surface area contributed by atoms with Crippen molar-refractivity contribution in [3.8, 4) is 16.9 Å². The average Bonchev–Trinajstić information content (AvgIpc) is 2.99. The van der Waals surface area contributed by atoms with Crippen LogP contribution in [0.3, 0.4) is 0 Å². The largest absolute Gasteiger partial charge is 0.493 e. The molecule has 1 aliphatic rings. The van der Waals surface area contributed by atoms with E-state index < -0.39 is 12.1 Å². The summed E-state index contributed by atoms with van der Waals surface area (Å²) in [6, 6.07) is 23.2. The van der Waals surface area contributed by atoms with Crippen LogP contribution in [0.25, 0.3) is 11.1 Å². The van der Waals surface area contributed by atoms with E-state index in [4.69, 9.17) is 14.3 Å². The molecule has 10 heteroatoms. The van der Waals surface area contributed by atoms with Crippen molar-refractivity contribution in [3.05, 3.63) is 83.9 Å². The Kier molecular flexibility index (Phi) is 11.2. The Morgan fingerprint density at radius 3 is 2.55 bits per heavy atom. The normalized spacial score (nSPS) is 15.6. The molecule has 3 aromatic carbocycles. The summed E-state index contributed by atoms with van der Waals surface area (Å²) >= 11 is 0. The summed E-state index contributed by atoms with van der Waals surface area (Å²) in [5.74, 6) is -1.56. The molecule has 0 radical (unpaired) electrons. The number of ether oxygens (including phenoxy) is 2. The van der Waals surface area contributed by atoms with E-state index in [0.717, 1.165) is 59.1 Å². The Morgan fingerprint density at radius 1 is 1.05 bits per heavy atom. The highest BCUT2D eigenvalue weighted by molar-refractivity contribution is 5.76. The molecule has 0 unspecified atom stereocenters. The minimum absolute atomic E-state index is 0.0490. The Morgan fingerprint density at radius 2 is 1.81 bits per heavy atom. The van der Waals surface area contributed by atoms with Crippen molar-refractivity contribution in [1.29, 1.82) is 0 Å². The lowest BCUT2D eigenvalue weighted by Gasteiger charge is -2.39. The van der Waals surface area contributed by atoms with E-state index in [-0.39, 0.29) is 32.3 Å². The maximum Gasteiger partial charge on any atom is 0.492 e. The molecular weight excluding hydrogens is 547 g/mol. The van der Waals surface area contributed by atoms with Gasteiger partial charge in [-0.25, -0.2) is 4.79 Å². The van der Waals surface area contributed by atoms with Gasteiger partial charge in [0.1, 0.15) is 5.75 Å². The summed E-state index contributed by atoms with van der Waals surface area (Å²) < 4.78 is 51.4. The van der Waals surface area contributed by atoms with Crippen LogP contribution in [0.15, 0.2) is 72.8 Å². The van der Waals surface area contributed by atoms with Crippen LogP contribution in [0.5, 0.6) is 5.75 Å². The highest BCUT2D eigenvalue weighted by Crippen LogP contribution is 2.35. The monoisotopic (exact) mass is 585 g/mol. The van der Waals surface area contributed by atoms with Gasteiger partial charge in [-0.1, -0.05) is 61.5 Å². The first-order chi connectivity index (χ1) is 20.3. The van der Waals surface area contributed by atoms with Gasteiger partial charge in [0, 0.05) is 36.9 Å². The number of nitrogens with zero attached hydrogens (tertiary/aromatic N) is 2. The van der Waals surface area contributed by atoms with E-state index in [1.807, 2.05) is 79.7 Å². The van der Waals surface area contributed by atoms with Gasteiger partial charge in [0.2, 0.25) is 0 Å². The second-order valence-electron chi connectivity index (χ2n) is 10.0. The molecule has 1 fully saturated rings. The predicted molar refractivity (Wildman–Crippen MR) is 156 cm³/mol. The standard InChI is InChI=1S/C32H38F3N3O4/c1-3-27-21-36-16-17-38(27)29-15-14-25(28-12-8-9-13-30(28)41-4-2)20-26(29)22-37(42-31(39)32(33,34)35)18-19-40-23-24-10-6-5-7-11-24/h5-15,20,27,36H,3-4,16-19,21-23H2,1-2H3/t27-/m1/s1. The minimum Gasteiger partial charge on any atom is -0.493 e. The zero-order valence-electron chi connectivity index (χ0n) is 24.0. The number of halogens is 3. The van der Waals surface area contributed by atoms with Crippen LogP contribution < -0.4 is 15.0 Å². The Bertz CT molecular complexity index is 1290. The summed E-state index contributed by atoms with van der Waals surface area (Å²) in [5.41, 5.74) is 4.27. The molecule has 1 N–H and O–H groups in total. The number of hydrogen-bond acceptors (Lipinski definition) is 7.